The second-order valence-electron chi connectivity index (χ2n) is 6.12. The molecule has 0 aliphatic heterocycles. The smallest absolute Gasteiger partial charge is 0.0456 e. The van der Waals surface area contributed by atoms with Crippen LogP contribution in [0, 0.1) is 13.8 Å². The second-order valence-corrected chi connectivity index (χ2v) is 6.56. The maximum Gasteiger partial charge on any atom is 0.0456 e. The molecule has 0 atom stereocenters. The summed E-state index contributed by atoms with van der Waals surface area (Å²) in [6.45, 7) is 6.19. The van der Waals surface area contributed by atoms with Crippen LogP contribution in [0.15, 0.2) is 60.7 Å². The van der Waals surface area contributed by atoms with Crippen LogP contribution in [0.5, 0.6) is 0 Å². The van der Waals surface area contributed by atoms with E-state index in [0.717, 1.165) is 30.2 Å². The number of aryl methyl sites for hydroxylation is 1. The van der Waals surface area contributed by atoms with Gasteiger partial charge in [0.05, 0.1) is 0 Å². The summed E-state index contributed by atoms with van der Waals surface area (Å²) in [6.07, 6.45) is 1.05. The van der Waals surface area contributed by atoms with Crippen LogP contribution in [0.25, 0.3) is 5.69 Å². The van der Waals surface area contributed by atoms with Gasteiger partial charge < -0.3 is 9.88 Å². The Kier molecular flexibility index (Phi) is 5.39. The predicted molar refractivity (Wildman–Crippen MR) is 102 cm³/mol. The lowest BCUT2D eigenvalue weighted by molar-refractivity contribution is 0.683. The van der Waals surface area contributed by atoms with Crippen molar-refractivity contribution in [2.75, 3.05) is 6.54 Å². The van der Waals surface area contributed by atoms with Gasteiger partial charge in [-0.25, -0.2) is 0 Å². The maximum atomic E-state index is 6.00. The van der Waals surface area contributed by atoms with Gasteiger partial charge in [-0.15, -0.1) is 0 Å². The van der Waals surface area contributed by atoms with E-state index in [0.29, 0.717) is 0 Å². The lowest BCUT2D eigenvalue weighted by Crippen LogP contribution is -2.17. The molecule has 0 aliphatic rings. The number of hydrogen-bond donors (Lipinski definition) is 1. The van der Waals surface area contributed by atoms with Gasteiger partial charge in [-0.1, -0.05) is 41.9 Å². The van der Waals surface area contributed by atoms with Gasteiger partial charge in [0.1, 0.15) is 0 Å². The van der Waals surface area contributed by atoms with Crippen molar-refractivity contribution in [2.45, 2.75) is 26.8 Å². The minimum atomic E-state index is 0.768. The third kappa shape index (κ3) is 3.89. The fourth-order valence-corrected chi connectivity index (χ4v) is 3.22. The molecule has 24 heavy (non-hydrogen) atoms. The molecular formula is C21H23ClN2. The highest BCUT2D eigenvalue weighted by Gasteiger charge is 2.10. The zero-order valence-electron chi connectivity index (χ0n) is 14.2. The molecule has 0 saturated carbocycles. The van der Waals surface area contributed by atoms with Gasteiger partial charge in [0.25, 0.3) is 0 Å². The number of nitrogens with one attached hydrogen (secondary N) is 1. The van der Waals surface area contributed by atoms with E-state index in [9.17, 15) is 0 Å². The van der Waals surface area contributed by atoms with Crippen molar-refractivity contribution in [1.82, 2.24) is 9.88 Å². The van der Waals surface area contributed by atoms with Crippen LogP contribution in [0.1, 0.15) is 22.5 Å². The highest BCUT2D eigenvalue weighted by molar-refractivity contribution is 6.30. The Labute approximate surface area is 149 Å². The molecule has 1 aromatic heterocycles. The molecule has 3 rings (SSSR count). The van der Waals surface area contributed by atoms with Gasteiger partial charge in [-0.05, 0) is 68.3 Å². The highest BCUT2D eigenvalue weighted by atomic mass is 35.5. The first-order valence-electron chi connectivity index (χ1n) is 8.33. The van der Waals surface area contributed by atoms with Gasteiger partial charge in [-0.3, -0.25) is 0 Å². The highest BCUT2D eigenvalue weighted by Crippen LogP contribution is 2.22. The average Bonchev–Trinajstić information content (AvgIpc) is 2.88. The SMILES string of the molecule is Cc1cc(CNCCc2ccccc2)c(C)n1-c1ccc(Cl)cc1. The quantitative estimate of drug-likeness (QED) is 0.620. The largest absolute Gasteiger partial charge is 0.318 e. The van der Waals surface area contributed by atoms with Gasteiger partial charge >= 0.3 is 0 Å². The molecule has 0 radical (unpaired) electrons. The normalized spacial score (nSPS) is 11.0. The van der Waals surface area contributed by atoms with Gasteiger partial charge in [0.2, 0.25) is 0 Å². The Bertz CT molecular complexity index is 789. The molecular weight excluding hydrogens is 316 g/mol. The van der Waals surface area contributed by atoms with Gasteiger partial charge in [0, 0.05) is 28.6 Å². The lowest BCUT2D eigenvalue weighted by Gasteiger charge is -2.10. The summed E-state index contributed by atoms with van der Waals surface area (Å²) in [5.74, 6) is 0. The maximum absolute atomic E-state index is 6.00. The van der Waals surface area contributed by atoms with E-state index >= 15 is 0 Å². The number of hydrogen-bond acceptors (Lipinski definition) is 1. The molecule has 3 heteroatoms. The van der Waals surface area contributed by atoms with Crippen molar-refractivity contribution in [1.29, 1.82) is 0 Å². The van der Waals surface area contributed by atoms with E-state index < -0.39 is 0 Å². The molecule has 1 heterocycles. The molecule has 0 fully saturated rings. The molecule has 0 amide bonds. The first kappa shape index (κ1) is 16.8. The number of nitrogens with zero attached hydrogens (tertiary/aromatic N) is 1. The van der Waals surface area contributed by atoms with Crippen LogP contribution >= 0.6 is 11.6 Å². The van der Waals surface area contributed by atoms with Crippen molar-refractivity contribution in [2.24, 2.45) is 0 Å². The Morgan fingerprint density at radius 3 is 2.38 bits per heavy atom. The molecule has 1 N–H and O–H groups in total. The van der Waals surface area contributed by atoms with E-state index in [-0.39, 0.29) is 0 Å². The summed E-state index contributed by atoms with van der Waals surface area (Å²) in [5.41, 5.74) is 6.40. The fraction of sp³-hybridized carbons (Fsp3) is 0.238. The second kappa shape index (κ2) is 7.69. The van der Waals surface area contributed by atoms with Crippen molar-refractivity contribution in [3.05, 3.63) is 88.2 Å². The first-order chi connectivity index (χ1) is 11.6. The van der Waals surface area contributed by atoms with E-state index in [2.05, 4.69) is 72.3 Å². The third-order valence-corrected chi connectivity index (χ3v) is 4.62. The standard InChI is InChI=1S/C21H23ClN2/c1-16-14-19(15-23-13-12-18-6-4-3-5-7-18)17(2)24(16)21-10-8-20(22)9-11-21/h3-11,14,23H,12-13,15H2,1-2H3. The van der Waals surface area contributed by atoms with E-state index in [1.54, 1.807) is 0 Å². The zero-order chi connectivity index (χ0) is 16.9. The van der Waals surface area contributed by atoms with Crippen molar-refractivity contribution >= 4 is 11.6 Å². The molecule has 0 aliphatic carbocycles. The fourth-order valence-electron chi connectivity index (χ4n) is 3.10. The van der Waals surface area contributed by atoms with Crippen LogP contribution in [-0.4, -0.2) is 11.1 Å². The number of aromatic nitrogens is 1. The summed E-state index contributed by atoms with van der Waals surface area (Å²) in [5, 5.41) is 4.33. The molecule has 2 aromatic carbocycles. The van der Waals surface area contributed by atoms with Gasteiger partial charge in [-0.2, -0.15) is 0 Å². The van der Waals surface area contributed by atoms with E-state index in [1.165, 1.54) is 22.5 Å². The first-order valence-corrected chi connectivity index (χ1v) is 8.71. The molecule has 3 aromatic rings. The predicted octanol–water partition coefficient (Wildman–Crippen LogP) is 5.08. The average molecular weight is 339 g/mol. The van der Waals surface area contributed by atoms with Crippen molar-refractivity contribution in [3.63, 3.8) is 0 Å². The van der Waals surface area contributed by atoms with Crippen LogP contribution in [-0.2, 0) is 13.0 Å². The van der Waals surface area contributed by atoms with Crippen LogP contribution in [0.2, 0.25) is 5.02 Å². The van der Waals surface area contributed by atoms with Crippen molar-refractivity contribution in [3.8, 4) is 5.69 Å². The Morgan fingerprint density at radius 2 is 1.67 bits per heavy atom. The van der Waals surface area contributed by atoms with E-state index in [1.807, 2.05) is 12.1 Å². The van der Waals surface area contributed by atoms with Crippen molar-refractivity contribution < 1.29 is 0 Å². The van der Waals surface area contributed by atoms with Crippen LogP contribution < -0.4 is 5.32 Å². The minimum Gasteiger partial charge on any atom is -0.318 e. The number of rotatable bonds is 6. The van der Waals surface area contributed by atoms with Gasteiger partial charge in [0.15, 0.2) is 0 Å². The third-order valence-electron chi connectivity index (χ3n) is 4.37. The topological polar surface area (TPSA) is 17.0 Å². The van der Waals surface area contributed by atoms with E-state index in [4.69, 9.17) is 11.6 Å². The summed E-state index contributed by atoms with van der Waals surface area (Å²) < 4.78 is 2.28. The summed E-state index contributed by atoms with van der Waals surface area (Å²) in [6, 6.07) is 20.9. The molecule has 0 saturated heterocycles. The monoisotopic (exact) mass is 338 g/mol. The van der Waals surface area contributed by atoms with Crippen LogP contribution in [0.4, 0.5) is 0 Å². The number of benzene rings is 2. The molecule has 0 bridgehead atoms. The summed E-state index contributed by atoms with van der Waals surface area (Å²) in [7, 11) is 0. The molecule has 2 nitrogen and oxygen atoms in total. The zero-order valence-corrected chi connectivity index (χ0v) is 15.0. The van der Waals surface area contributed by atoms with Crippen LogP contribution in [0.3, 0.4) is 0 Å². The molecule has 0 unspecified atom stereocenters. The number of halogens is 1. The molecule has 0 spiro atoms. The minimum absolute atomic E-state index is 0.768. The Hall–Kier alpha value is -2.03. The Balaban J connectivity index is 1.64. The summed E-state index contributed by atoms with van der Waals surface area (Å²) in [4.78, 5) is 0. The Morgan fingerprint density at radius 1 is 0.958 bits per heavy atom. The lowest BCUT2D eigenvalue weighted by atomic mass is 10.1. The molecule has 124 valence electrons. The summed E-state index contributed by atoms with van der Waals surface area (Å²) >= 11 is 6.00.